The zero-order valence-electron chi connectivity index (χ0n) is 86.6. The number of amides is 21. The van der Waals surface area contributed by atoms with Crippen LogP contribution in [-0.4, -0.2) is 343 Å². The van der Waals surface area contributed by atoms with Crippen LogP contribution in [0, 0.1) is 23.2 Å². The standard InChI is InChI=1S/C99H148N22O28S/c1-14-53(6)78(118-84(134)59(34-36-72(100)125)107-94(144)80(99(9,10)11)119(12)97(147)77(103)52(4)5)92(142)106-60(35-37-76(129)130)83(133)111-65(46-73(101)126)88(138)109-64(44-57-28-20-16-21-29-57)87(137)116-69(50-123)89(139)110-63(43-56-26-18-15-19-27-56)86(136)108-61(38-41-150-13)95(145)120-39-25-33-71(120)91(141)112-62(42-51(2)3)85(135)115-68(49-122)82(132)104-48-75(128)117-79(55(8)124)93(143)113-66(45-58-30-22-17-23-31-58)96(146)121-40-24-32-70(121)90(140)105-54(7)81(131)114-67(98(148)149)47-74(102)127/h15-23,26-31,51-55,59-71,77-80,122-124H,14,24-25,32-50,103H2,1-13H3,(H2,100,125)(H2,101,126)(H2,102,127)(H,104,132)(H,105,140)(H,106,142)(H,107,144)(H,108,136)(H,109,138)(H,110,139)(H,111,133)(H,112,141)(H,113,143)(H,114,131)(H,115,135)(H,116,137)(H,117,128)(H,118,134)(H,129,130)(H,148,149)/t53-,54-,55+,59-,60-,61-,62-,63-,64-,65-,66-,67-,68-,69-,70-,71-,77-,78-,79-,80+/m0/s1. The van der Waals surface area contributed by atoms with Crippen molar-refractivity contribution in [3.05, 3.63) is 108 Å². The molecule has 3 aromatic rings. The predicted molar refractivity (Wildman–Crippen MR) is 543 cm³/mol. The summed E-state index contributed by atoms with van der Waals surface area (Å²) >= 11 is 1.28. The average molecular weight is 2130 g/mol. The predicted octanol–water partition coefficient (Wildman–Crippen LogP) is -6.35. The van der Waals surface area contributed by atoms with Crippen LogP contribution in [0.5, 0.6) is 0 Å². The number of likely N-dealkylation sites (N-methyl/N-ethyl adjacent to an activating group) is 1. The van der Waals surface area contributed by atoms with E-state index in [1.54, 1.807) is 153 Å². The van der Waals surface area contributed by atoms with Crippen molar-refractivity contribution >= 4 is 148 Å². The number of primary amides is 3. The summed E-state index contributed by atoms with van der Waals surface area (Å²) in [5.74, 6) is -25.6. The van der Waals surface area contributed by atoms with Crippen LogP contribution in [-0.2, 0) is 130 Å². The lowest BCUT2D eigenvalue weighted by Crippen LogP contribution is -2.62. The lowest BCUT2D eigenvalue weighted by Gasteiger charge is -2.39. The maximum atomic E-state index is 15.1. The first-order valence-electron chi connectivity index (χ1n) is 49.5. The number of carbonyl (C=O) groups is 23. The summed E-state index contributed by atoms with van der Waals surface area (Å²) in [4.78, 5) is 321. The van der Waals surface area contributed by atoms with Gasteiger partial charge in [-0.2, -0.15) is 11.8 Å². The number of benzene rings is 3. The summed E-state index contributed by atoms with van der Waals surface area (Å²) in [6.07, 6.45) is -4.43. The maximum Gasteiger partial charge on any atom is 0.326 e. The zero-order chi connectivity index (χ0) is 112. The maximum absolute atomic E-state index is 15.1. The summed E-state index contributed by atoms with van der Waals surface area (Å²) in [6, 6.07) is -4.17. The molecule has 0 aliphatic carbocycles. The summed E-state index contributed by atoms with van der Waals surface area (Å²) in [6.45, 7) is 14.0. The number of hydrogen-bond acceptors (Lipinski definition) is 28. The topological polar surface area (TPSA) is 788 Å². The Morgan fingerprint density at radius 3 is 1.28 bits per heavy atom. The lowest BCUT2D eigenvalue weighted by molar-refractivity contribution is -0.145. The quantitative estimate of drug-likeness (QED) is 0.0250. The largest absolute Gasteiger partial charge is 0.481 e. The number of hydrogen-bond donors (Lipinski definition) is 24. The number of aliphatic hydroxyl groups excluding tert-OH is 3. The van der Waals surface area contributed by atoms with Gasteiger partial charge < -0.3 is 143 Å². The van der Waals surface area contributed by atoms with E-state index in [1.165, 1.54) is 37.6 Å². The number of nitrogens with zero attached hydrogens (tertiary/aromatic N) is 3. The highest BCUT2D eigenvalue weighted by atomic mass is 32.2. The Hall–Kier alpha value is -14.3. The van der Waals surface area contributed by atoms with E-state index in [2.05, 4.69) is 79.8 Å². The molecule has 0 saturated carbocycles. The molecule has 3 aromatic carbocycles. The van der Waals surface area contributed by atoms with Crippen LogP contribution in [0.15, 0.2) is 91.0 Å². The van der Waals surface area contributed by atoms with Crippen LogP contribution < -0.4 is 103 Å². The number of rotatable bonds is 62. The molecule has 2 saturated heterocycles. The summed E-state index contributed by atoms with van der Waals surface area (Å²) in [7, 11) is 1.36. The minimum atomic E-state index is -2.04. The Bertz CT molecular complexity index is 5200. The lowest BCUT2D eigenvalue weighted by atomic mass is 9.84. The molecular formula is C99H148N22O28S. The van der Waals surface area contributed by atoms with Crippen molar-refractivity contribution in [2.45, 2.75) is 294 Å². The van der Waals surface area contributed by atoms with Crippen molar-refractivity contribution < 1.29 is 136 Å². The molecule has 2 heterocycles. The second kappa shape index (κ2) is 61.6. The number of carboxylic acids is 2. The molecule has 21 amide bonds. The third-order valence-electron chi connectivity index (χ3n) is 25.1. The SMILES string of the molecule is CC[C@H](C)[C@H](NC(=O)[C@H](CCC(N)=O)NC(=O)[C@@H](N(C)C(=O)[C@@H](N)C(C)C)C(C)(C)C)C(=O)N[C@@H](CCC(=O)O)C(=O)N[C@@H](CC(N)=O)C(=O)N[C@@H](Cc1ccccc1)C(=O)N[C@@H](CO)C(=O)N[C@@H](Cc1ccccc1)C(=O)N[C@@H](CCSC)C(=O)N1CCC[C@H]1C(=O)N[C@@H](CC(C)C)C(=O)N[C@@H](CO)C(=O)NCC(=O)N[C@H](C(=O)N[C@@H](Cc1ccccc1)C(=O)N1CCC[C@H]1C(=O)N[C@@H](C)C(=O)N[C@@H](CC(N)=O)C(=O)O)[C@@H](C)O. The number of carbonyl (C=O) groups excluding carboxylic acids is 21. The minimum absolute atomic E-state index is 0.0120. The van der Waals surface area contributed by atoms with E-state index in [9.17, 15) is 131 Å². The number of nitrogens with one attached hydrogen (secondary N) is 15. The van der Waals surface area contributed by atoms with Crippen LogP contribution >= 0.6 is 11.8 Å². The van der Waals surface area contributed by atoms with E-state index in [1.807, 2.05) is 0 Å². The molecule has 0 radical (unpaired) electrons. The molecule has 51 heteroatoms. The minimum Gasteiger partial charge on any atom is -0.481 e. The van der Waals surface area contributed by atoms with Gasteiger partial charge in [0.05, 0.1) is 44.7 Å². The van der Waals surface area contributed by atoms with Crippen LogP contribution in [0.3, 0.4) is 0 Å². The third kappa shape index (κ3) is 40.6. The van der Waals surface area contributed by atoms with E-state index in [4.69, 9.17) is 22.9 Å². The number of aliphatic carboxylic acids is 2. The summed E-state index contributed by atoms with van der Waals surface area (Å²) in [5.41, 5.74) is 22.8. The fourth-order valence-electron chi connectivity index (χ4n) is 16.7. The van der Waals surface area contributed by atoms with Gasteiger partial charge in [0.15, 0.2) is 0 Å². The fourth-order valence-corrected chi connectivity index (χ4v) is 17.2. The number of aliphatic hydroxyl groups is 3. The van der Waals surface area contributed by atoms with Gasteiger partial charge in [-0.15, -0.1) is 0 Å². The number of carboxylic acid groups (broad SMARTS) is 2. The number of likely N-dealkylation sites (tertiary alicyclic amines) is 2. The molecule has 20 atom stereocenters. The molecule has 0 spiro atoms. The molecule has 5 rings (SSSR count). The van der Waals surface area contributed by atoms with E-state index < -0.39 is 327 Å². The highest BCUT2D eigenvalue weighted by molar-refractivity contribution is 7.98. The third-order valence-corrected chi connectivity index (χ3v) is 25.8. The Balaban J connectivity index is 1.32. The molecule has 0 aromatic heterocycles. The highest BCUT2D eigenvalue weighted by Gasteiger charge is 2.47. The van der Waals surface area contributed by atoms with Gasteiger partial charge in [-0.05, 0) is 117 Å². The Morgan fingerprint density at radius 2 is 0.833 bits per heavy atom. The Kier molecular flexibility index (Phi) is 51.8. The Labute approximate surface area is 873 Å². The molecule has 28 N–H and O–H groups in total. The zero-order valence-corrected chi connectivity index (χ0v) is 87.4. The van der Waals surface area contributed by atoms with E-state index >= 15 is 4.79 Å². The van der Waals surface area contributed by atoms with Crippen molar-refractivity contribution in [2.24, 2.45) is 46.1 Å². The number of thioether (sulfide) groups is 1. The monoisotopic (exact) mass is 2130 g/mol. The highest BCUT2D eigenvalue weighted by Crippen LogP contribution is 2.28. The van der Waals surface area contributed by atoms with Gasteiger partial charge in [0, 0.05) is 52.2 Å². The fraction of sp³-hybridized carbons (Fsp3) is 0.586. The van der Waals surface area contributed by atoms with Crippen LogP contribution in [0.25, 0.3) is 0 Å². The van der Waals surface area contributed by atoms with Gasteiger partial charge in [-0.25, -0.2) is 4.79 Å². The molecule has 2 aliphatic heterocycles. The van der Waals surface area contributed by atoms with Crippen LogP contribution in [0.2, 0.25) is 0 Å². The van der Waals surface area contributed by atoms with E-state index in [0.717, 1.165) is 16.7 Å². The average Bonchev–Trinajstić information content (AvgIpc) is 0.930. The first kappa shape index (κ1) is 126. The first-order valence-corrected chi connectivity index (χ1v) is 50.9. The molecule has 0 unspecified atom stereocenters. The van der Waals surface area contributed by atoms with Crippen molar-refractivity contribution in [3.63, 3.8) is 0 Å². The number of nitrogens with two attached hydrogens (primary N) is 4. The van der Waals surface area contributed by atoms with E-state index in [0.29, 0.717) is 16.7 Å². The van der Waals surface area contributed by atoms with Gasteiger partial charge in [0.2, 0.25) is 124 Å². The van der Waals surface area contributed by atoms with Crippen molar-refractivity contribution in [1.82, 2.24) is 94.5 Å². The van der Waals surface area contributed by atoms with Crippen molar-refractivity contribution in [1.29, 1.82) is 0 Å². The second-order valence-corrected chi connectivity index (χ2v) is 40.1. The smallest absolute Gasteiger partial charge is 0.326 e. The molecule has 50 nitrogen and oxygen atoms in total. The molecule has 150 heavy (non-hydrogen) atoms. The molecule has 2 aliphatic rings. The summed E-state index contributed by atoms with van der Waals surface area (Å²) in [5, 5.41) is 88.5. The van der Waals surface area contributed by atoms with Gasteiger partial charge >= 0.3 is 11.9 Å². The first-order chi connectivity index (χ1) is 70.6. The molecule has 828 valence electrons. The van der Waals surface area contributed by atoms with E-state index in [-0.39, 0.29) is 88.5 Å². The van der Waals surface area contributed by atoms with Gasteiger partial charge in [0.1, 0.15) is 103 Å². The normalized spacial score (nSPS) is 17.0. The summed E-state index contributed by atoms with van der Waals surface area (Å²) < 4.78 is 0. The van der Waals surface area contributed by atoms with Gasteiger partial charge in [0.25, 0.3) is 0 Å². The van der Waals surface area contributed by atoms with Gasteiger partial charge in [-0.3, -0.25) is 105 Å². The Morgan fingerprint density at radius 1 is 0.440 bits per heavy atom. The molecule has 0 bridgehead atoms. The van der Waals surface area contributed by atoms with Crippen LogP contribution in [0.4, 0.5) is 0 Å². The second-order valence-electron chi connectivity index (χ2n) is 39.1. The molecular weight excluding hydrogens is 1980 g/mol. The van der Waals surface area contributed by atoms with Crippen molar-refractivity contribution in [2.75, 3.05) is 51.9 Å². The van der Waals surface area contributed by atoms with Gasteiger partial charge in [-0.1, -0.05) is 160 Å². The van der Waals surface area contributed by atoms with Crippen LogP contribution in [0.1, 0.15) is 176 Å². The van der Waals surface area contributed by atoms with Crippen molar-refractivity contribution in [3.8, 4) is 0 Å². The molecule has 2 fully saturated rings.